The molecule has 2 heterocycles. The molecule has 148 valence electrons. The lowest BCUT2D eigenvalue weighted by molar-refractivity contribution is 0.183. The lowest BCUT2D eigenvalue weighted by Crippen LogP contribution is -2.35. The average molecular weight is 398 g/mol. The predicted octanol–water partition coefficient (Wildman–Crippen LogP) is 4.76. The van der Waals surface area contributed by atoms with Crippen molar-refractivity contribution in [3.63, 3.8) is 0 Å². The number of aromatic nitrogens is 2. The van der Waals surface area contributed by atoms with E-state index in [0.29, 0.717) is 12.5 Å². The largest absolute Gasteiger partial charge is 0.383 e. The molecule has 1 aliphatic heterocycles. The number of piperidine rings is 1. The highest BCUT2D eigenvalue weighted by molar-refractivity contribution is 6.30. The highest BCUT2D eigenvalue weighted by Gasteiger charge is 2.25. The number of imidazole rings is 1. The van der Waals surface area contributed by atoms with Gasteiger partial charge < -0.3 is 14.2 Å². The molecule has 2 aromatic carbocycles. The van der Waals surface area contributed by atoms with Crippen molar-refractivity contribution >= 4 is 22.6 Å². The summed E-state index contributed by atoms with van der Waals surface area (Å²) in [6.45, 7) is 4.95. The van der Waals surface area contributed by atoms with Crippen molar-refractivity contribution in [3.05, 3.63) is 64.9 Å². The van der Waals surface area contributed by atoms with E-state index in [9.17, 15) is 0 Å². The Balaban J connectivity index is 1.40. The summed E-state index contributed by atoms with van der Waals surface area (Å²) >= 11 is 5.98. The summed E-state index contributed by atoms with van der Waals surface area (Å²) in [6, 6.07) is 16.7. The van der Waals surface area contributed by atoms with Crippen molar-refractivity contribution in [2.45, 2.75) is 31.7 Å². The highest BCUT2D eigenvalue weighted by Crippen LogP contribution is 2.30. The fourth-order valence-electron chi connectivity index (χ4n) is 4.18. The molecule has 4 nitrogen and oxygen atoms in total. The number of hydrogen-bond donors (Lipinski definition) is 0. The van der Waals surface area contributed by atoms with Crippen molar-refractivity contribution in [1.29, 1.82) is 0 Å². The zero-order valence-electron chi connectivity index (χ0n) is 16.5. The van der Waals surface area contributed by atoms with E-state index in [1.165, 1.54) is 16.9 Å². The van der Waals surface area contributed by atoms with Gasteiger partial charge in [0, 0.05) is 31.1 Å². The van der Waals surface area contributed by atoms with Gasteiger partial charge in [0.15, 0.2) is 0 Å². The Bertz CT molecular complexity index is 898. The summed E-state index contributed by atoms with van der Waals surface area (Å²) in [7, 11) is 1.76. The first kappa shape index (κ1) is 19.4. The number of likely N-dealkylation sites (tertiary alicyclic amines) is 1. The van der Waals surface area contributed by atoms with Gasteiger partial charge in [-0.05, 0) is 62.2 Å². The van der Waals surface area contributed by atoms with Crippen LogP contribution in [0.15, 0.2) is 48.5 Å². The van der Waals surface area contributed by atoms with Crippen LogP contribution in [0.3, 0.4) is 0 Å². The maximum atomic E-state index is 5.98. The van der Waals surface area contributed by atoms with Gasteiger partial charge in [-0.2, -0.15) is 0 Å². The van der Waals surface area contributed by atoms with Crippen LogP contribution in [0.4, 0.5) is 0 Å². The smallest absolute Gasteiger partial charge is 0.113 e. The first-order chi connectivity index (χ1) is 13.7. The minimum Gasteiger partial charge on any atom is -0.383 e. The van der Waals surface area contributed by atoms with Gasteiger partial charge in [0.2, 0.25) is 0 Å². The summed E-state index contributed by atoms with van der Waals surface area (Å²) in [5, 5.41) is 0.806. The van der Waals surface area contributed by atoms with Gasteiger partial charge in [0.05, 0.1) is 17.6 Å². The van der Waals surface area contributed by atoms with Crippen LogP contribution in [-0.4, -0.2) is 47.8 Å². The molecule has 1 fully saturated rings. The van der Waals surface area contributed by atoms with Gasteiger partial charge >= 0.3 is 0 Å². The second-order valence-electron chi connectivity index (χ2n) is 7.60. The van der Waals surface area contributed by atoms with Crippen LogP contribution in [0.2, 0.25) is 5.02 Å². The Morgan fingerprint density at radius 1 is 1.04 bits per heavy atom. The number of benzene rings is 2. The number of ether oxygens (including phenoxy) is 1. The van der Waals surface area contributed by atoms with E-state index in [1.54, 1.807) is 7.11 Å². The fraction of sp³-hybridized carbons (Fsp3) is 0.435. The van der Waals surface area contributed by atoms with E-state index in [4.69, 9.17) is 21.3 Å². The van der Waals surface area contributed by atoms with Crippen molar-refractivity contribution in [3.8, 4) is 0 Å². The molecule has 0 bridgehead atoms. The first-order valence-corrected chi connectivity index (χ1v) is 10.5. The van der Waals surface area contributed by atoms with E-state index < -0.39 is 0 Å². The Kier molecular flexibility index (Phi) is 6.30. The van der Waals surface area contributed by atoms with Crippen molar-refractivity contribution < 1.29 is 4.74 Å². The number of fused-ring (bicyclic) bond motifs is 1. The van der Waals surface area contributed by atoms with Gasteiger partial charge in [0.25, 0.3) is 0 Å². The number of hydrogen-bond acceptors (Lipinski definition) is 3. The number of para-hydroxylation sites is 2. The number of rotatable bonds is 7. The van der Waals surface area contributed by atoms with Gasteiger partial charge in [0.1, 0.15) is 5.82 Å². The Hall–Kier alpha value is -1.88. The van der Waals surface area contributed by atoms with Crippen molar-refractivity contribution in [1.82, 2.24) is 14.5 Å². The maximum absolute atomic E-state index is 5.98. The highest BCUT2D eigenvalue weighted by atomic mass is 35.5. The molecule has 0 unspecified atom stereocenters. The van der Waals surface area contributed by atoms with Crippen LogP contribution in [0.1, 0.15) is 30.1 Å². The molecule has 0 N–H and O–H groups in total. The van der Waals surface area contributed by atoms with E-state index in [2.05, 4.69) is 45.9 Å². The summed E-state index contributed by atoms with van der Waals surface area (Å²) in [6.07, 6.45) is 3.40. The van der Waals surface area contributed by atoms with Crippen molar-refractivity contribution in [2.24, 2.45) is 0 Å². The van der Waals surface area contributed by atoms with Crippen LogP contribution in [0.25, 0.3) is 11.0 Å². The first-order valence-electron chi connectivity index (χ1n) is 10.2. The Morgan fingerprint density at radius 2 is 1.79 bits per heavy atom. The van der Waals surface area contributed by atoms with Gasteiger partial charge in [-0.15, -0.1) is 0 Å². The summed E-state index contributed by atoms with van der Waals surface area (Å²) < 4.78 is 7.71. The van der Waals surface area contributed by atoms with Crippen LogP contribution in [0, 0.1) is 0 Å². The number of methoxy groups -OCH3 is 1. The zero-order chi connectivity index (χ0) is 19.3. The minimum atomic E-state index is 0.524. The summed E-state index contributed by atoms with van der Waals surface area (Å²) in [5.74, 6) is 1.76. The molecule has 0 amide bonds. The molecule has 28 heavy (non-hydrogen) atoms. The topological polar surface area (TPSA) is 30.3 Å². The maximum Gasteiger partial charge on any atom is 0.113 e. The van der Waals surface area contributed by atoms with Crippen LogP contribution in [-0.2, 0) is 17.7 Å². The molecule has 0 atom stereocenters. The minimum absolute atomic E-state index is 0.524. The zero-order valence-corrected chi connectivity index (χ0v) is 17.2. The van der Waals surface area contributed by atoms with E-state index in [1.807, 2.05) is 12.1 Å². The van der Waals surface area contributed by atoms with Crippen LogP contribution in [0.5, 0.6) is 0 Å². The second-order valence-corrected chi connectivity index (χ2v) is 8.03. The lowest BCUT2D eigenvalue weighted by Gasteiger charge is -2.32. The van der Waals surface area contributed by atoms with Gasteiger partial charge in [-0.1, -0.05) is 35.9 Å². The third kappa shape index (κ3) is 4.40. The summed E-state index contributed by atoms with van der Waals surface area (Å²) in [4.78, 5) is 7.57. The molecule has 1 saturated heterocycles. The van der Waals surface area contributed by atoms with Gasteiger partial charge in [-0.25, -0.2) is 4.98 Å². The average Bonchev–Trinajstić information content (AvgIpc) is 3.11. The number of halogens is 1. The molecule has 1 aromatic heterocycles. The van der Waals surface area contributed by atoms with Crippen molar-refractivity contribution in [2.75, 3.05) is 33.4 Å². The molecule has 4 rings (SSSR count). The Labute approximate surface area is 172 Å². The SMILES string of the molecule is COCCn1c(C2CCN(CCc3ccc(Cl)cc3)CC2)nc2ccccc21. The fourth-order valence-corrected chi connectivity index (χ4v) is 4.30. The molecule has 0 radical (unpaired) electrons. The van der Waals surface area contributed by atoms with Crippen LogP contribution >= 0.6 is 11.6 Å². The summed E-state index contributed by atoms with van der Waals surface area (Å²) in [5.41, 5.74) is 3.67. The monoisotopic (exact) mass is 397 g/mol. The normalized spacial score (nSPS) is 16.1. The standard InChI is InChI=1S/C23H28ClN3O/c1-28-17-16-27-22-5-3-2-4-21(22)25-23(27)19-11-14-26(15-12-19)13-10-18-6-8-20(24)9-7-18/h2-9,19H,10-17H2,1H3. The molecule has 0 aliphatic carbocycles. The van der Waals surface area contributed by atoms with E-state index in [0.717, 1.165) is 56.0 Å². The van der Waals surface area contributed by atoms with Gasteiger partial charge in [-0.3, -0.25) is 0 Å². The molecule has 0 spiro atoms. The van der Waals surface area contributed by atoms with E-state index in [-0.39, 0.29) is 0 Å². The third-order valence-electron chi connectivity index (χ3n) is 5.79. The molecule has 5 heteroatoms. The molecule has 3 aromatic rings. The third-order valence-corrected chi connectivity index (χ3v) is 6.04. The quantitative estimate of drug-likeness (QED) is 0.575. The molecule has 0 saturated carbocycles. The predicted molar refractivity (Wildman–Crippen MR) is 115 cm³/mol. The van der Waals surface area contributed by atoms with Crippen LogP contribution < -0.4 is 0 Å². The molecule has 1 aliphatic rings. The Morgan fingerprint density at radius 3 is 2.54 bits per heavy atom. The molecular formula is C23H28ClN3O. The van der Waals surface area contributed by atoms with E-state index >= 15 is 0 Å². The molecular weight excluding hydrogens is 370 g/mol. The number of nitrogens with zero attached hydrogens (tertiary/aromatic N) is 3. The second kappa shape index (κ2) is 9.08. The lowest BCUT2D eigenvalue weighted by atomic mass is 9.95.